The molecule has 0 aliphatic carbocycles. The van der Waals surface area contributed by atoms with Crippen LogP contribution < -0.4 is 15.5 Å². The van der Waals surface area contributed by atoms with E-state index in [1.807, 2.05) is 44.4 Å². The molecular formula is C19H23N5O2S. The zero-order valence-corrected chi connectivity index (χ0v) is 16.5. The molecule has 1 saturated heterocycles. The lowest BCUT2D eigenvalue weighted by atomic mass is 10.1. The maximum Gasteiger partial charge on any atom is 0.321 e. The Labute approximate surface area is 163 Å². The second kappa shape index (κ2) is 8.39. The van der Waals surface area contributed by atoms with Crippen molar-refractivity contribution in [1.82, 2.24) is 15.3 Å². The molecule has 2 N–H and O–H groups in total. The van der Waals surface area contributed by atoms with Gasteiger partial charge in [-0.05, 0) is 56.4 Å². The van der Waals surface area contributed by atoms with Crippen LogP contribution in [0.2, 0.25) is 0 Å². The molecule has 0 spiro atoms. The van der Waals surface area contributed by atoms with Crippen molar-refractivity contribution in [3.05, 3.63) is 41.2 Å². The first-order valence-electron chi connectivity index (χ1n) is 8.81. The number of anilines is 2. The van der Waals surface area contributed by atoms with E-state index in [9.17, 15) is 9.59 Å². The van der Waals surface area contributed by atoms with Crippen molar-refractivity contribution in [3.63, 3.8) is 0 Å². The smallest absolute Gasteiger partial charge is 0.321 e. The number of aromatic nitrogens is 2. The van der Waals surface area contributed by atoms with Crippen molar-refractivity contribution in [2.24, 2.45) is 0 Å². The van der Waals surface area contributed by atoms with Crippen LogP contribution in [0.25, 0.3) is 0 Å². The predicted octanol–water partition coefficient (Wildman–Crippen LogP) is 2.92. The van der Waals surface area contributed by atoms with Crippen LogP contribution in [-0.4, -0.2) is 41.3 Å². The fraction of sp³-hybridized carbons (Fsp3) is 0.368. The van der Waals surface area contributed by atoms with Crippen molar-refractivity contribution in [2.45, 2.75) is 31.8 Å². The third-order valence-corrected chi connectivity index (χ3v) is 5.05. The van der Waals surface area contributed by atoms with Crippen LogP contribution in [0.5, 0.6) is 0 Å². The number of carbonyl (C=O) groups is 2. The van der Waals surface area contributed by atoms with E-state index in [1.54, 1.807) is 4.90 Å². The van der Waals surface area contributed by atoms with Gasteiger partial charge in [-0.25, -0.2) is 14.8 Å². The molecule has 1 aromatic heterocycles. The van der Waals surface area contributed by atoms with Gasteiger partial charge < -0.3 is 10.6 Å². The highest BCUT2D eigenvalue weighted by Gasteiger charge is 2.20. The lowest BCUT2D eigenvalue weighted by molar-refractivity contribution is -0.116. The van der Waals surface area contributed by atoms with E-state index in [4.69, 9.17) is 0 Å². The SMILES string of the molecule is CSc1nc(C)c(CCC(=O)Nc2ccc(N3CCNC3=O)cc2)c(C)n1. The summed E-state index contributed by atoms with van der Waals surface area (Å²) in [5, 5.41) is 6.42. The molecular weight excluding hydrogens is 362 g/mol. The van der Waals surface area contributed by atoms with Gasteiger partial charge in [0, 0.05) is 42.3 Å². The fourth-order valence-electron chi connectivity index (χ4n) is 3.07. The van der Waals surface area contributed by atoms with Crippen molar-refractivity contribution < 1.29 is 9.59 Å². The fourth-order valence-corrected chi connectivity index (χ4v) is 3.52. The highest BCUT2D eigenvalue weighted by atomic mass is 32.2. The molecule has 27 heavy (non-hydrogen) atoms. The van der Waals surface area contributed by atoms with E-state index in [0.29, 0.717) is 31.6 Å². The van der Waals surface area contributed by atoms with Gasteiger partial charge in [0.2, 0.25) is 5.91 Å². The standard InChI is InChI=1S/C19H23N5O2S/c1-12-16(13(2)22-18(21-12)27-3)8-9-17(25)23-14-4-6-15(7-5-14)24-11-10-20-19(24)26/h4-7H,8-11H2,1-3H3,(H,20,26)(H,23,25). The first-order chi connectivity index (χ1) is 13.0. The highest BCUT2D eigenvalue weighted by Crippen LogP contribution is 2.20. The van der Waals surface area contributed by atoms with Crippen molar-refractivity contribution in [3.8, 4) is 0 Å². The molecule has 1 aliphatic heterocycles. The molecule has 1 aromatic carbocycles. The van der Waals surface area contributed by atoms with Crippen molar-refractivity contribution >= 4 is 35.1 Å². The average Bonchev–Trinajstić information content (AvgIpc) is 3.07. The summed E-state index contributed by atoms with van der Waals surface area (Å²) in [5.74, 6) is -0.0607. The number of aryl methyl sites for hydroxylation is 2. The normalized spacial score (nSPS) is 13.6. The summed E-state index contributed by atoms with van der Waals surface area (Å²) >= 11 is 1.51. The van der Waals surface area contributed by atoms with Crippen LogP contribution in [0, 0.1) is 13.8 Å². The minimum absolute atomic E-state index is 0.0607. The molecule has 1 aliphatic rings. The lowest BCUT2D eigenvalue weighted by Crippen LogP contribution is -2.27. The van der Waals surface area contributed by atoms with Gasteiger partial charge in [-0.2, -0.15) is 0 Å². The Morgan fingerprint density at radius 1 is 1.22 bits per heavy atom. The Balaban J connectivity index is 1.57. The van der Waals surface area contributed by atoms with Crippen molar-refractivity contribution in [1.29, 1.82) is 0 Å². The van der Waals surface area contributed by atoms with Gasteiger partial charge >= 0.3 is 6.03 Å². The highest BCUT2D eigenvalue weighted by molar-refractivity contribution is 7.98. The zero-order valence-electron chi connectivity index (χ0n) is 15.7. The first-order valence-corrected chi connectivity index (χ1v) is 10.0. The van der Waals surface area contributed by atoms with Gasteiger partial charge in [0.1, 0.15) is 0 Å². The Kier molecular flexibility index (Phi) is 5.95. The predicted molar refractivity (Wildman–Crippen MR) is 107 cm³/mol. The van der Waals surface area contributed by atoms with E-state index in [2.05, 4.69) is 20.6 Å². The second-order valence-electron chi connectivity index (χ2n) is 6.34. The van der Waals surface area contributed by atoms with E-state index in [1.165, 1.54) is 11.8 Å². The van der Waals surface area contributed by atoms with E-state index in [0.717, 1.165) is 27.8 Å². The minimum atomic E-state index is -0.0905. The Bertz CT molecular complexity index is 831. The largest absolute Gasteiger partial charge is 0.336 e. The minimum Gasteiger partial charge on any atom is -0.336 e. The molecule has 2 heterocycles. The third-order valence-electron chi connectivity index (χ3n) is 4.50. The molecule has 3 rings (SSSR count). The number of rotatable bonds is 6. The van der Waals surface area contributed by atoms with Gasteiger partial charge in [0.05, 0.1) is 0 Å². The van der Waals surface area contributed by atoms with Crippen LogP contribution >= 0.6 is 11.8 Å². The molecule has 1 fully saturated rings. The number of nitrogens with zero attached hydrogens (tertiary/aromatic N) is 3. The number of nitrogens with one attached hydrogen (secondary N) is 2. The number of hydrogen-bond acceptors (Lipinski definition) is 5. The molecule has 3 amide bonds. The molecule has 142 valence electrons. The topological polar surface area (TPSA) is 87.2 Å². The van der Waals surface area contributed by atoms with Crippen molar-refractivity contribution in [2.75, 3.05) is 29.6 Å². The maximum atomic E-state index is 12.3. The molecule has 7 nitrogen and oxygen atoms in total. The van der Waals surface area contributed by atoms with Crippen LogP contribution in [0.4, 0.5) is 16.2 Å². The van der Waals surface area contributed by atoms with Gasteiger partial charge in [0.25, 0.3) is 0 Å². The zero-order chi connectivity index (χ0) is 19.4. The monoisotopic (exact) mass is 385 g/mol. The van der Waals surface area contributed by atoms with Crippen LogP contribution in [0.3, 0.4) is 0 Å². The molecule has 0 atom stereocenters. The quantitative estimate of drug-likeness (QED) is 0.590. The number of carbonyl (C=O) groups excluding carboxylic acids is 2. The number of hydrogen-bond donors (Lipinski definition) is 2. The van der Waals surface area contributed by atoms with Gasteiger partial charge in [0.15, 0.2) is 5.16 Å². The van der Waals surface area contributed by atoms with Crippen LogP contribution in [0.1, 0.15) is 23.4 Å². The van der Waals surface area contributed by atoms with Gasteiger partial charge in [-0.3, -0.25) is 9.69 Å². The average molecular weight is 385 g/mol. The van der Waals surface area contributed by atoms with Gasteiger partial charge in [-0.15, -0.1) is 0 Å². The molecule has 0 saturated carbocycles. The summed E-state index contributed by atoms with van der Waals surface area (Å²) in [6, 6.07) is 7.21. The third kappa shape index (κ3) is 4.57. The van der Waals surface area contributed by atoms with E-state index >= 15 is 0 Å². The van der Waals surface area contributed by atoms with Crippen LogP contribution in [0.15, 0.2) is 29.4 Å². The summed E-state index contributed by atoms with van der Waals surface area (Å²) in [6.45, 7) is 5.21. The summed E-state index contributed by atoms with van der Waals surface area (Å²) in [7, 11) is 0. The Hall–Kier alpha value is -2.61. The summed E-state index contributed by atoms with van der Waals surface area (Å²) in [5.41, 5.74) is 4.41. The maximum absolute atomic E-state index is 12.3. The first kappa shape index (κ1) is 19.2. The van der Waals surface area contributed by atoms with Crippen LogP contribution in [-0.2, 0) is 11.2 Å². The molecule has 8 heteroatoms. The molecule has 0 unspecified atom stereocenters. The molecule has 0 radical (unpaired) electrons. The summed E-state index contributed by atoms with van der Waals surface area (Å²) in [6.07, 6.45) is 2.91. The van der Waals surface area contributed by atoms with Gasteiger partial charge in [-0.1, -0.05) is 11.8 Å². The number of thioether (sulfide) groups is 1. The Morgan fingerprint density at radius 3 is 2.44 bits per heavy atom. The van der Waals surface area contributed by atoms with E-state index in [-0.39, 0.29) is 11.9 Å². The second-order valence-corrected chi connectivity index (χ2v) is 7.11. The summed E-state index contributed by atoms with van der Waals surface area (Å²) in [4.78, 5) is 34.6. The Morgan fingerprint density at radius 2 is 1.89 bits per heavy atom. The van der Waals surface area contributed by atoms with E-state index < -0.39 is 0 Å². The molecule has 0 bridgehead atoms. The number of amides is 3. The number of urea groups is 1. The lowest BCUT2D eigenvalue weighted by Gasteiger charge is -2.15. The number of benzene rings is 1. The molecule has 2 aromatic rings. The summed E-state index contributed by atoms with van der Waals surface area (Å²) < 4.78 is 0.